The van der Waals surface area contributed by atoms with Crippen LogP contribution in [0, 0.1) is 6.92 Å². The molecule has 1 heterocycles. The average molecular weight is 417 g/mol. The summed E-state index contributed by atoms with van der Waals surface area (Å²) in [5.74, 6) is -0.287. The summed E-state index contributed by atoms with van der Waals surface area (Å²) in [6.45, 7) is 8.03. The van der Waals surface area contributed by atoms with Gasteiger partial charge in [0, 0.05) is 30.6 Å². The van der Waals surface area contributed by atoms with Gasteiger partial charge in [0.25, 0.3) is 5.91 Å². The number of amides is 1. The van der Waals surface area contributed by atoms with E-state index in [9.17, 15) is 13.2 Å². The summed E-state index contributed by atoms with van der Waals surface area (Å²) in [5.41, 5.74) is 2.39. The average Bonchev–Trinajstić information content (AvgIpc) is 2.73. The molecule has 1 saturated heterocycles. The first-order valence-corrected chi connectivity index (χ1v) is 11.2. The molecule has 6 nitrogen and oxygen atoms in total. The number of carbonyl (C=O) groups excluding carboxylic acids is 1. The second-order valence-electron chi connectivity index (χ2n) is 7.98. The molecular weight excluding hydrogens is 388 g/mol. The number of hydrogen-bond acceptors (Lipinski definition) is 4. The number of morpholine rings is 1. The van der Waals surface area contributed by atoms with Gasteiger partial charge in [-0.2, -0.15) is 4.31 Å². The molecule has 0 bridgehead atoms. The van der Waals surface area contributed by atoms with E-state index in [4.69, 9.17) is 4.74 Å². The maximum Gasteiger partial charge on any atom is 0.251 e. The second-order valence-corrected chi connectivity index (χ2v) is 9.92. The van der Waals surface area contributed by atoms with Crippen LogP contribution in [0.1, 0.15) is 35.3 Å². The van der Waals surface area contributed by atoms with E-state index in [1.54, 1.807) is 12.1 Å². The SMILES string of the molecule is Cc1cccc(C(C)(C)CNC(=O)c2cccc(S(=O)(=O)N3CCOCC3)c2)c1. The van der Waals surface area contributed by atoms with E-state index < -0.39 is 10.0 Å². The standard InChI is InChI=1S/C22H28N2O4S/c1-17-6-4-8-19(14-17)22(2,3)16-23-21(25)18-7-5-9-20(15-18)29(26,27)24-10-12-28-13-11-24/h4-9,14-15H,10-13,16H2,1-3H3,(H,23,25). The Hall–Kier alpha value is -2.22. The molecule has 0 radical (unpaired) electrons. The zero-order valence-electron chi connectivity index (χ0n) is 17.1. The van der Waals surface area contributed by atoms with Crippen molar-refractivity contribution < 1.29 is 17.9 Å². The highest BCUT2D eigenvalue weighted by molar-refractivity contribution is 7.89. The molecule has 3 rings (SSSR count). The monoisotopic (exact) mass is 416 g/mol. The van der Waals surface area contributed by atoms with Crippen LogP contribution in [0.4, 0.5) is 0 Å². The minimum atomic E-state index is -3.64. The molecule has 0 spiro atoms. The van der Waals surface area contributed by atoms with E-state index in [0.717, 1.165) is 5.56 Å². The van der Waals surface area contributed by atoms with E-state index in [0.29, 0.717) is 38.4 Å². The number of ether oxygens (including phenoxy) is 1. The van der Waals surface area contributed by atoms with E-state index >= 15 is 0 Å². The zero-order chi connectivity index (χ0) is 21.1. The molecule has 29 heavy (non-hydrogen) atoms. The molecule has 1 fully saturated rings. The Morgan fingerprint density at radius 3 is 2.48 bits per heavy atom. The molecular formula is C22H28N2O4S. The number of benzene rings is 2. The molecule has 1 aliphatic rings. The highest BCUT2D eigenvalue weighted by Gasteiger charge is 2.27. The normalized spacial score (nSPS) is 15.8. The van der Waals surface area contributed by atoms with Crippen LogP contribution in [-0.2, 0) is 20.2 Å². The van der Waals surface area contributed by atoms with Gasteiger partial charge in [-0.1, -0.05) is 49.7 Å². The Morgan fingerprint density at radius 2 is 1.79 bits per heavy atom. The lowest BCUT2D eigenvalue weighted by Gasteiger charge is -2.27. The van der Waals surface area contributed by atoms with Crippen molar-refractivity contribution in [1.29, 1.82) is 0 Å². The molecule has 0 atom stereocenters. The fraction of sp³-hybridized carbons (Fsp3) is 0.409. The molecule has 0 aliphatic carbocycles. The molecule has 1 aliphatic heterocycles. The number of sulfonamides is 1. The fourth-order valence-electron chi connectivity index (χ4n) is 3.31. The van der Waals surface area contributed by atoms with Gasteiger partial charge in [-0.15, -0.1) is 0 Å². The van der Waals surface area contributed by atoms with Crippen LogP contribution in [0.25, 0.3) is 0 Å². The van der Waals surface area contributed by atoms with Gasteiger partial charge >= 0.3 is 0 Å². The third-order valence-electron chi connectivity index (χ3n) is 5.19. The van der Waals surface area contributed by atoms with Gasteiger partial charge in [-0.25, -0.2) is 8.42 Å². The minimum absolute atomic E-state index is 0.130. The van der Waals surface area contributed by atoms with E-state index in [1.807, 2.05) is 19.1 Å². The number of nitrogens with zero attached hydrogens (tertiary/aromatic N) is 1. The molecule has 0 unspecified atom stereocenters. The van der Waals surface area contributed by atoms with Crippen LogP contribution in [0.5, 0.6) is 0 Å². The van der Waals surface area contributed by atoms with Crippen molar-refractivity contribution in [1.82, 2.24) is 9.62 Å². The van der Waals surface area contributed by atoms with Crippen molar-refractivity contribution in [3.05, 3.63) is 65.2 Å². The fourth-order valence-corrected chi connectivity index (χ4v) is 4.76. The van der Waals surface area contributed by atoms with Crippen molar-refractivity contribution in [3.8, 4) is 0 Å². The Balaban J connectivity index is 1.72. The van der Waals surface area contributed by atoms with E-state index in [1.165, 1.54) is 22.0 Å². The molecule has 156 valence electrons. The van der Waals surface area contributed by atoms with E-state index in [2.05, 4.69) is 31.3 Å². The van der Waals surface area contributed by atoms with Crippen LogP contribution < -0.4 is 5.32 Å². The maximum absolute atomic E-state index is 12.8. The number of rotatable bonds is 6. The molecule has 2 aromatic carbocycles. The second kappa shape index (κ2) is 8.65. The first kappa shape index (κ1) is 21.5. The molecule has 0 saturated carbocycles. The van der Waals surface area contributed by atoms with Crippen LogP contribution >= 0.6 is 0 Å². The molecule has 7 heteroatoms. The summed E-state index contributed by atoms with van der Waals surface area (Å²) in [4.78, 5) is 12.8. The van der Waals surface area contributed by atoms with Gasteiger partial charge in [-0.05, 0) is 30.7 Å². The van der Waals surface area contributed by atoms with Crippen LogP contribution in [0.3, 0.4) is 0 Å². The minimum Gasteiger partial charge on any atom is -0.379 e. The van der Waals surface area contributed by atoms with Crippen molar-refractivity contribution >= 4 is 15.9 Å². The summed E-state index contributed by atoms with van der Waals surface area (Å²) in [6.07, 6.45) is 0. The third-order valence-corrected chi connectivity index (χ3v) is 7.09. The van der Waals surface area contributed by atoms with Crippen molar-refractivity contribution in [3.63, 3.8) is 0 Å². The van der Waals surface area contributed by atoms with Gasteiger partial charge in [0.05, 0.1) is 18.1 Å². The van der Waals surface area contributed by atoms with Crippen LogP contribution in [0.15, 0.2) is 53.4 Å². The number of carbonyl (C=O) groups is 1. The smallest absolute Gasteiger partial charge is 0.251 e. The molecule has 1 amide bonds. The molecule has 1 N–H and O–H groups in total. The number of aryl methyl sites for hydroxylation is 1. The first-order chi connectivity index (χ1) is 13.7. The number of nitrogens with one attached hydrogen (secondary N) is 1. The Morgan fingerprint density at radius 1 is 1.10 bits per heavy atom. The van der Waals surface area contributed by atoms with Gasteiger partial charge in [0.1, 0.15) is 0 Å². The summed E-state index contributed by atoms with van der Waals surface area (Å²) in [7, 11) is -3.64. The topological polar surface area (TPSA) is 75.7 Å². The summed E-state index contributed by atoms with van der Waals surface area (Å²) in [6, 6.07) is 14.4. The van der Waals surface area contributed by atoms with Gasteiger partial charge in [0.15, 0.2) is 0 Å². The summed E-state index contributed by atoms with van der Waals surface area (Å²) in [5, 5.41) is 2.95. The van der Waals surface area contributed by atoms with E-state index in [-0.39, 0.29) is 16.2 Å². The third kappa shape index (κ3) is 5.04. The summed E-state index contributed by atoms with van der Waals surface area (Å²) >= 11 is 0. The van der Waals surface area contributed by atoms with Gasteiger partial charge in [-0.3, -0.25) is 4.79 Å². The largest absolute Gasteiger partial charge is 0.379 e. The Bertz CT molecular complexity index is 980. The highest BCUT2D eigenvalue weighted by Crippen LogP contribution is 2.23. The van der Waals surface area contributed by atoms with Crippen molar-refractivity contribution in [2.24, 2.45) is 0 Å². The lowest BCUT2D eigenvalue weighted by Crippen LogP contribution is -2.40. The van der Waals surface area contributed by atoms with Gasteiger partial charge < -0.3 is 10.1 Å². The maximum atomic E-state index is 12.8. The first-order valence-electron chi connectivity index (χ1n) is 9.73. The van der Waals surface area contributed by atoms with Crippen molar-refractivity contribution in [2.75, 3.05) is 32.8 Å². The van der Waals surface area contributed by atoms with Crippen LogP contribution in [-0.4, -0.2) is 51.5 Å². The van der Waals surface area contributed by atoms with Gasteiger partial charge in [0.2, 0.25) is 10.0 Å². The predicted molar refractivity (Wildman–Crippen MR) is 113 cm³/mol. The zero-order valence-corrected chi connectivity index (χ0v) is 18.0. The predicted octanol–water partition coefficient (Wildman–Crippen LogP) is 2.72. The summed E-state index contributed by atoms with van der Waals surface area (Å²) < 4.78 is 32.3. The molecule has 2 aromatic rings. The lowest BCUT2D eigenvalue weighted by atomic mass is 9.84. The van der Waals surface area contributed by atoms with Crippen molar-refractivity contribution in [2.45, 2.75) is 31.1 Å². The number of hydrogen-bond donors (Lipinski definition) is 1. The Kier molecular flexibility index (Phi) is 6.41. The van der Waals surface area contributed by atoms with Crippen LogP contribution in [0.2, 0.25) is 0 Å². The highest BCUT2D eigenvalue weighted by atomic mass is 32.2. The Labute approximate surface area is 172 Å². The molecule has 0 aromatic heterocycles. The lowest BCUT2D eigenvalue weighted by molar-refractivity contribution is 0.0730. The quantitative estimate of drug-likeness (QED) is 0.786.